The van der Waals surface area contributed by atoms with Gasteiger partial charge in [0.15, 0.2) is 5.13 Å². The van der Waals surface area contributed by atoms with E-state index >= 15 is 0 Å². The SMILES string of the molecule is CC[NH+](CC)CCN(C(C)=O)c1nc2c(C)cccc2s1. The highest BCUT2D eigenvalue weighted by molar-refractivity contribution is 7.22. The number of benzene rings is 1. The second-order valence-corrected chi connectivity index (χ2v) is 6.30. The molecule has 2 aromatic rings. The second kappa shape index (κ2) is 7.00. The van der Waals surface area contributed by atoms with E-state index in [1.165, 1.54) is 4.90 Å². The van der Waals surface area contributed by atoms with Crippen molar-refractivity contribution < 1.29 is 9.69 Å². The fourth-order valence-corrected chi connectivity index (χ4v) is 3.56. The van der Waals surface area contributed by atoms with Crippen LogP contribution in [0.1, 0.15) is 26.3 Å². The standard InChI is InChI=1S/C16H23N3OS/c1-5-18(6-2)10-11-19(13(4)20)16-17-15-12(3)8-7-9-14(15)21-16/h7-9H,5-6,10-11H2,1-4H3/p+1. The van der Waals surface area contributed by atoms with E-state index in [4.69, 9.17) is 0 Å². The Morgan fingerprint density at radius 1 is 1.33 bits per heavy atom. The number of rotatable bonds is 6. The quantitative estimate of drug-likeness (QED) is 0.885. The lowest BCUT2D eigenvalue weighted by molar-refractivity contribution is -0.894. The van der Waals surface area contributed by atoms with Crippen LogP contribution in [0.2, 0.25) is 0 Å². The average Bonchev–Trinajstić information content (AvgIpc) is 2.88. The number of hydrogen-bond acceptors (Lipinski definition) is 3. The van der Waals surface area contributed by atoms with Gasteiger partial charge in [-0.15, -0.1) is 0 Å². The maximum Gasteiger partial charge on any atom is 0.225 e. The molecule has 0 bridgehead atoms. The Labute approximate surface area is 130 Å². The number of quaternary nitrogens is 1. The Balaban J connectivity index is 2.24. The Morgan fingerprint density at radius 3 is 2.62 bits per heavy atom. The van der Waals surface area contributed by atoms with E-state index in [1.807, 2.05) is 11.0 Å². The minimum atomic E-state index is 0.0678. The molecule has 0 radical (unpaired) electrons. The van der Waals surface area contributed by atoms with Gasteiger partial charge in [0.2, 0.25) is 5.91 Å². The second-order valence-electron chi connectivity index (χ2n) is 5.30. The topological polar surface area (TPSA) is 37.6 Å². The minimum Gasteiger partial charge on any atom is -0.334 e. The van der Waals surface area contributed by atoms with Crippen molar-refractivity contribution in [1.29, 1.82) is 0 Å². The summed E-state index contributed by atoms with van der Waals surface area (Å²) >= 11 is 1.60. The summed E-state index contributed by atoms with van der Waals surface area (Å²) in [7, 11) is 0. The highest BCUT2D eigenvalue weighted by Gasteiger charge is 2.18. The molecule has 5 heteroatoms. The molecular formula is C16H24N3OS+. The molecule has 0 atom stereocenters. The van der Waals surface area contributed by atoms with Gasteiger partial charge in [-0.3, -0.25) is 9.69 Å². The third-order valence-corrected chi connectivity index (χ3v) is 4.95. The van der Waals surface area contributed by atoms with Crippen molar-refractivity contribution in [2.75, 3.05) is 31.1 Å². The van der Waals surface area contributed by atoms with E-state index in [0.717, 1.165) is 47.1 Å². The predicted molar refractivity (Wildman–Crippen MR) is 89.3 cm³/mol. The summed E-state index contributed by atoms with van der Waals surface area (Å²) < 4.78 is 1.14. The highest BCUT2D eigenvalue weighted by Crippen LogP contribution is 2.30. The first kappa shape index (κ1) is 15.9. The van der Waals surface area contributed by atoms with Gasteiger partial charge in [-0.25, -0.2) is 4.98 Å². The molecule has 0 saturated carbocycles. The van der Waals surface area contributed by atoms with Crippen molar-refractivity contribution in [1.82, 2.24) is 4.98 Å². The molecule has 114 valence electrons. The Kier molecular flexibility index (Phi) is 5.31. The number of amides is 1. The van der Waals surface area contributed by atoms with Crippen molar-refractivity contribution in [2.45, 2.75) is 27.7 Å². The first-order valence-electron chi connectivity index (χ1n) is 7.54. The molecule has 0 aliphatic heterocycles. The normalized spacial score (nSPS) is 11.3. The number of nitrogens with one attached hydrogen (secondary N) is 1. The first-order valence-corrected chi connectivity index (χ1v) is 8.36. The van der Waals surface area contributed by atoms with E-state index in [0.29, 0.717) is 0 Å². The van der Waals surface area contributed by atoms with Crippen LogP contribution in [0.3, 0.4) is 0 Å². The lowest BCUT2D eigenvalue weighted by atomic mass is 10.2. The zero-order valence-corrected chi connectivity index (χ0v) is 14.1. The molecule has 1 amide bonds. The molecule has 0 aliphatic rings. The van der Waals surface area contributed by atoms with Crippen molar-refractivity contribution in [3.8, 4) is 0 Å². The largest absolute Gasteiger partial charge is 0.334 e. The fraction of sp³-hybridized carbons (Fsp3) is 0.500. The monoisotopic (exact) mass is 306 g/mol. The van der Waals surface area contributed by atoms with Crippen LogP contribution in [0.5, 0.6) is 0 Å². The molecule has 0 unspecified atom stereocenters. The van der Waals surface area contributed by atoms with Crippen molar-refractivity contribution >= 4 is 32.6 Å². The Bertz CT molecular complexity index is 619. The number of aryl methyl sites for hydroxylation is 1. The lowest BCUT2D eigenvalue weighted by Gasteiger charge is -2.21. The number of likely N-dealkylation sites (N-methyl/N-ethyl adjacent to an activating group) is 1. The van der Waals surface area contributed by atoms with Crippen LogP contribution in [0.25, 0.3) is 10.2 Å². The molecule has 0 saturated heterocycles. The van der Waals surface area contributed by atoms with Crippen LogP contribution in [-0.4, -0.2) is 37.1 Å². The number of hydrogen-bond donors (Lipinski definition) is 1. The molecule has 0 fully saturated rings. The molecule has 4 nitrogen and oxygen atoms in total. The molecular weight excluding hydrogens is 282 g/mol. The van der Waals surface area contributed by atoms with E-state index < -0.39 is 0 Å². The number of para-hydroxylation sites is 1. The summed E-state index contributed by atoms with van der Waals surface area (Å²) in [6, 6.07) is 6.17. The number of thiazole rings is 1. The van der Waals surface area contributed by atoms with Gasteiger partial charge in [0.25, 0.3) is 0 Å². The molecule has 1 N–H and O–H groups in total. The molecule has 0 aliphatic carbocycles. The molecule has 1 aromatic heterocycles. The number of carbonyl (C=O) groups excluding carboxylic acids is 1. The summed E-state index contributed by atoms with van der Waals surface area (Å²) in [6.45, 7) is 11.9. The number of aromatic nitrogens is 1. The Morgan fingerprint density at radius 2 is 2.05 bits per heavy atom. The summed E-state index contributed by atoms with van der Waals surface area (Å²) in [6.07, 6.45) is 0. The van der Waals surface area contributed by atoms with Gasteiger partial charge in [-0.05, 0) is 32.4 Å². The zero-order valence-electron chi connectivity index (χ0n) is 13.3. The van der Waals surface area contributed by atoms with Gasteiger partial charge in [0, 0.05) is 6.92 Å². The third kappa shape index (κ3) is 3.60. The van der Waals surface area contributed by atoms with Gasteiger partial charge in [0.1, 0.15) is 0 Å². The number of anilines is 1. The van der Waals surface area contributed by atoms with Crippen LogP contribution in [-0.2, 0) is 4.79 Å². The summed E-state index contributed by atoms with van der Waals surface area (Å²) in [5.41, 5.74) is 2.17. The minimum absolute atomic E-state index is 0.0678. The van der Waals surface area contributed by atoms with E-state index in [-0.39, 0.29) is 5.91 Å². The Hall–Kier alpha value is -1.46. The lowest BCUT2D eigenvalue weighted by Crippen LogP contribution is -3.12. The fourth-order valence-electron chi connectivity index (χ4n) is 2.45. The zero-order chi connectivity index (χ0) is 15.4. The van der Waals surface area contributed by atoms with E-state index in [1.54, 1.807) is 18.3 Å². The van der Waals surface area contributed by atoms with Crippen molar-refractivity contribution in [2.24, 2.45) is 0 Å². The van der Waals surface area contributed by atoms with Crippen molar-refractivity contribution in [3.63, 3.8) is 0 Å². The number of nitrogens with zero attached hydrogens (tertiary/aromatic N) is 2. The molecule has 1 aromatic carbocycles. The van der Waals surface area contributed by atoms with Gasteiger partial charge in [-0.2, -0.15) is 0 Å². The summed E-state index contributed by atoms with van der Waals surface area (Å²) in [4.78, 5) is 20.0. The van der Waals surface area contributed by atoms with Crippen LogP contribution in [0.15, 0.2) is 18.2 Å². The molecule has 21 heavy (non-hydrogen) atoms. The van der Waals surface area contributed by atoms with E-state index in [2.05, 4.69) is 37.9 Å². The average molecular weight is 306 g/mol. The van der Waals surface area contributed by atoms with Crippen LogP contribution in [0, 0.1) is 6.92 Å². The highest BCUT2D eigenvalue weighted by atomic mass is 32.1. The molecule has 0 spiro atoms. The van der Waals surface area contributed by atoms with Crippen LogP contribution >= 0.6 is 11.3 Å². The van der Waals surface area contributed by atoms with E-state index in [9.17, 15) is 4.79 Å². The molecule has 1 heterocycles. The smallest absolute Gasteiger partial charge is 0.225 e. The van der Waals surface area contributed by atoms with Crippen molar-refractivity contribution in [3.05, 3.63) is 23.8 Å². The van der Waals surface area contributed by atoms with Gasteiger partial charge < -0.3 is 4.90 Å². The van der Waals surface area contributed by atoms with Gasteiger partial charge in [-0.1, -0.05) is 23.5 Å². The summed E-state index contributed by atoms with van der Waals surface area (Å²) in [5, 5.41) is 0.818. The molecule has 2 rings (SSSR count). The number of fused-ring (bicyclic) bond motifs is 1. The van der Waals surface area contributed by atoms with Crippen LogP contribution < -0.4 is 9.80 Å². The third-order valence-electron chi connectivity index (χ3n) is 3.91. The number of carbonyl (C=O) groups is 1. The maximum absolute atomic E-state index is 12.0. The van der Waals surface area contributed by atoms with Gasteiger partial charge in [0.05, 0.1) is 36.4 Å². The predicted octanol–water partition coefficient (Wildman–Crippen LogP) is 1.88. The van der Waals surface area contributed by atoms with Gasteiger partial charge >= 0.3 is 0 Å². The summed E-state index contributed by atoms with van der Waals surface area (Å²) in [5.74, 6) is 0.0678. The van der Waals surface area contributed by atoms with Crippen LogP contribution in [0.4, 0.5) is 5.13 Å². The first-order chi connectivity index (χ1) is 10.1. The maximum atomic E-state index is 12.0.